The minimum Gasteiger partial charge on any atom is -0.488 e. The predicted octanol–water partition coefficient (Wildman–Crippen LogP) is 4.91. The van der Waals surface area contributed by atoms with Crippen molar-refractivity contribution >= 4 is 5.97 Å². The van der Waals surface area contributed by atoms with E-state index in [0.717, 1.165) is 5.75 Å². The van der Waals surface area contributed by atoms with Crippen LogP contribution in [-0.4, -0.2) is 5.97 Å². The highest BCUT2D eigenvalue weighted by Gasteiger charge is 2.27. The lowest BCUT2D eigenvalue weighted by Gasteiger charge is -2.14. The highest BCUT2D eigenvalue weighted by atomic mass is 19.1. The zero-order valence-corrected chi connectivity index (χ0v) is 14.0. The van der Waals surface area contributed by atoms with Crippen molar-refractivity contribution in [2.75, 3.05) is 0 Å². The van der Waals surface area contributed by atoms with Crippen molar-refractivity contribution in [3.05, 3.63) is 58.9 Å². The van der Waals surface area contributed by atoms with E-state index in [1.54, 1.807) is 13.0 Å². The number of esters is 1. The number of rotatable bonds is 6. The maximum absolute atomic E-state index is 14.2. The summed E-state index contributed by atoms with van der Waals surface area (Å²) in [5.41, 5.74) is 2.63. The number of carbonyl (C=O) groups is 1. The quantitative estimate of drug-likeness (QED) is 0.558. The Morgan fingerprint density at radius 2 is 2.00 bits per heavy atom. The van der Waals surface area contributed by atoms with Crippen LogP contribution in [0.5, 0.6) is 11.5 Å². The first-order chi connectivity index (χ1) is 11.6. The molecule has 0 aliphatic heterocycles. The summed E-state index contributed by atoms with van der Waals surface area (Å²) >= 11 is 0. The summed E-state index contributed by atoms with van der Waals surface area (Å²) in [6.45, 7) is 3.78. The number of aryl methyl sites for hydroxylation is 1. The van der Waals surface area contributed by atoms with Gasteiger partial charge in [-0.05, 0) is 49.4 Å². The average Bonchev–Trinajstić information content (AvgIpc) is 3.40. The van der Waals surface area contributed by atoms with Crippen molar-refractivity contribution in [1.82, 2.24) is 0 Å². The van der Waals surface area contributed by atoms with Gasteiger partial charge in [0.1, 0.15) is 23.9 Å². The Morgan fingerprint density at radius 1 is 1.21 bits per heavy atom. The molecule has 1 saturated carbocycles. The molecule has 1 fully saturated rings. The molecule has 1 aliphatic rings. The Balaban J connectivity index is 1.81. The molecule has 0 saturated heterocycles. The van der Waals surface area contributed by atoms with Gasteiger partial charge in [-0.2, -0.15) is 0 Å². The predicted molar refractivity (Wildman–Crippen MR) is 89.8 cm³/mol. The second-order valence-electron chi connectivity index (χ2n) is 6.15. The first-order valence-corrected chi connectivity index (χ1v) is 8.30. The summed E-state index contributed by atoms with van der Waals surface area (Å²) in [6.07, 6.45) is 2.57. The third-order valence-corrected chi connectivity index (χ3v) is 4.14. The first-order valence-electron chi connectivity index (χ1n) is 8.30. The molecule has 0 N–H and O–H groups in total. The van der Waals surface area contributed by atoms with Gasteiger partial charge >= 0.3 is 5.97 Å². The summed E-state index contributed by atoms with van der Waals surface area (Å²) < 4.78 is 25.3. The molecule has 126 valence electrons. The van der Waals surface area contributed by atoms with Gasteiger partial charge in [-0.1, -0.05) is 30.7 Å². The molecule has 0 atom stereocenters. The molecular weight excluding hydrogens is 307 g/mol. The highest BCUT2D eigenvalue weighted by molar-refractivity contribution is 5.72. The van der Waals surface area contributed by atoms with Gasteiger partial charge in [0.15, 0.2) is 0 Å². The smallest absolute Gasteiger partial charge is 0.310 e. The van der Waals surface area contributed by atoms with Crippen LogP contribution in [-0.2, 0) is 11.4 Å². The second-order valence-corrected chi connectivity index (χ2v) is 6.15. The third kappa shape index (κ3) is 3.75. The monoisotopic (exact) mass is 328 g/mol. The van der Waals surface area contributed by atoms with Gasteiger partial charge in [0.2, 0.25) is 0 Å². The number of hydrogen-bond donors (Lipinski definition) is 0. The van der Waals surface area contributed by atoms with Gasteiger partial charge in [-0.15, -0.1) is 0 Å². The molecule has 24 heavy (non-hydrogen) atoms. The van der Waals surface area contributed by atoms with Crippen LogP contribution in [0.25, 0.3) is 0 Å². The van der Waals surface area contributed by atoms with Crippen LogP contribution in [0.4, 0.5) is 4.39 Å². The number of benzene rings is 2. The van der Waals surface area contributed by atoms with Crippen LogP contribution in [0.15, 0.2) is 36.4 Å². The van der Waals surface area contributed by atoms with Crippen LogP contribution in [0.3, 0.4) is 0 Å². The van der Waals surface area contributed by atoms with Crippen LogP contribution in [0.1, 0.15) is 48.8 Å². The second kappa shape index (κ2) is 7.04. The molecule has 0 aromatic heterocycles. The molecule has 0 radical (unpaired) electrons. The summed E-state index contributed by atoms with van der Waals surface area (Å²) in [5, 5.41) is 0. The van der Waals surface area contributed by atoms with Crippen molar-refractivity contribution in [2.45, 2.75) is 45.6 Å². The molecular formula is C20H21FO3. The van der Waals surface area contributed by atoms with Crippen molar-refractivity contribution in [3.8, 4) is 11.5 Å². The Kier molecular flexibility index (Phi) is 4.84. The van der Waals surface area contributed by atoms with Crippen LogP contribution in [0, 0.1) is 12.7 Å². The number of carbonyl (C=O) groups excluding carboxylic acids is 1. The Hall–Kier alpha value is -2.36. The van der Waals surface area contributed by atoms with E-state index in [1.807, 2.05) is 12.1 Å². The van der Waals surface area contributed by atoms with Gasteiger partial charge in [0.05, 0.1) is 5.56 Å². The molecule has 0 unspecified atom stereocenters. The van der Waals surface area contributed by atoms with Crippen LogP contribution >= 0.6 is 0 Å². The topological polar surface area (TPSA) is 35.5 Å². The summed E-state index contributed by atoms with van der Waals surface area (Å²) in [6, 6.07) is 10.5. The average molecular weight is 328 g/mol. The first kappa shape index (κ1) is 16.5. The lowest BCUT2D eigenvalue weighted by molar-refractivity contribution is -0.134. The molecule has 3 rings (SSSR count). The lowest BCUT2D eigenvalue weighted by atomic mass is 10.1. The van der Waals surface area contributed by atoms with Gasteiger partial charge in [0, 0.05) is 6.42 Å². The molecule has 2 aromatic rings. The summed E-state index contributed by atoms with van der Waals surface area (Å²) in [7, 11) is 0. The van der Waals surface area contributed by atoms with E-state index in [0.29, 0.717) is 5.92 Å². The third-order valence-electron chi connectivity index (χ3n) is 4.14. The SMILES string of the molecule is CCC(=O)Oc1cccc(F)c1COc1ccc(C)cc1C1CC1. The van der Waals surface area contributed by atoms with E-state index in [2.05, 4.69) is 13.0 Å². The normalized spacial score (nSPS) is 13.6. The van der Waals surface area contributed by atoms with E-state index < -0.39 is 11.8 Å². The minimum atomic E-state index is -0.434. The largest absolute Gasteiger partial charge is 0.488 e. The fourth-order valence-electron chi connectivity index (χ4n) is 2.63. The maximum atomic E-state index is 14.2. The molecule has 2 aromatic carbocycles. The fourth-order valence-corrected chi connectivity index (χ4v) is 2.63. The van der Waals surface area contributed by atoms with Crippen molar-refractivity contribution in [3.63, 3.8) is 0 Å². The Morgan fingerprint density at radius 3 is 2.71 bits per heavy atom. The standard InChI is InChI=1S/C20H21FO3/c1-3-20(22)24-19-6-4-5-17(21)16(19)12-23-18-10-7-13(2)11-15(18)14-8-9-14/h4-7,10-11,14H,3,8-9,12H2,1-2H3. The van der Waals surface area contributed by atoms with Gasteiger partial charge in [0.25, 0.3) is 0 Å². The zero-order chi connectivity index (χ0) is 17.1. The Bertz CT molecular complexity index is 751. The van der Waals surface area contributed by atoms with Crippen molar-refractivity contribution in [2.24, 2.45) is 0 Å². The number of halogens is 1. The molecule has 0 amide bonds. The molecule has 0 bridgehead atoms. The molecule has 0 heterocycles. The number of hydrogen-bond acceptors (Lipinski definition) is 3. The molecule has 4 heteroatoms. The number of ether oxygens (including phenoxy) is 2. The van der Waals surface area contributed by atoms with Gasteiger partial charge in [-0.25, -0.2) is 4.39 Å². The fraction of sp³-hybridized carbons (Fsp3) is 0.350. The van der Waals surface area contributed by atoms with Crippen molar-refractivity contribution < 1.29 is 18.7 Å². The van der Waals surface area contributed by atoms with Crippen LogP contribution < -0.4 is 9.47 Å². The Labute approximate surface area is 141 Å². The lowest BCUT2D eigenvalue weighted by Crippen LogP contribution is -2.10. The van der Waals surface area contributed by atoms with Gasteiger partial charge < -0.3 is 9.47 Å². The summed E-state index contributed by atoms with van der Waals surface area (Å²) in [4.78, 5) is 11.5. The van der Waals surface area contributed by atoms with E-state index in [1.165, 1.54) is 36.1 Å². The maximum Gasteiger partial charge on any atom is 0.310 e. The van der Waals surface area contributed by atoms with E-state index >= 15 is 0 Å². The summed E-state index contributed by atoms with van der Waals surface area (Å²) in [5.74, 6) is 0.714. The van der Waals surface area contributed by atoms with Crippen LogP contribution in [0.2, 0.25) is 0 Å². The molecule has 3 nitrogen and oxygen atoms in total. The minimum absolute atomic E-state index is 0.0295. The van der Waals surface area contributed by atoms with Crippen molar-refractivity contribution in [1.29, 1.82) is 0 Å². The zero-order valence-electron chi connectivity index (χ0n) is 14.0. The molecule has 1 aliphatic carbocycles. The van der Waals surface area contributed by atoms with E-state index in [-0.39, 0.29) is 24.3 Å². The van der Waals surface area contributed by atoms with E-state index in [9.17, 15) is 9.18 Å². The van der Waals surface area contributed by atoms with Gasteiger partial charge in [-0.3, -0.25) is 4.79 Å². The molecule has 0 spiro atoms. The van der Waals surface area contributed by atoms with E-state index in [4.69, 9.17) is 9.47 Å². The highest BCUT2D eigenvalue weighted by Crippen LogP contribution is 2.44.